The van der Waals surface area contributed by atoms with Gasteiger partial charge < -0.3 is 20.5 Å². The van der Waals surface area contributed by atoms with E-state index >= 15 is 0 Å². The summed E-state index contributed by atoms with van der Waals surface area (Å²) < 4.78 is 49.3. The molecule has 0 unspecified atom stereocenters. The molecule has 0 aliphatic heterocycles. The lowest BCUT2D eigenvalue weighted by Gasteiger charge is -2.09. The Hall–Kier alpha value is -3.01. The van der Waals surface area contributed by atoms with Crippen LogP contribution in [0.1, 0.15) is 20.9 Å². The monoisotopic (exact) mass is 411 g/mol. The zero-order valence-electron chi connectivity index (χ0n) is 15.1. The van der Waals surface area contributed by atoms with Gasteiger partial charge in [0.1, 0.15) is 26.9 Å². The highest BCUT2D eigenvalue weighted by Gasteiger charge is 2.34. The standard InChI is InChI=1S/C18H16F3N3O3S/c1-8-4-12(18(19,20)21)24-17-13(8)14(22)15(28-17)16(25)23-9-5-10(26-2)7-11(6-9)27-3/h4-7H,22H2,1-3H3,(H,23,25). The summed E-state index contributed by atoms with van der Waals surface area (Å²) in [6, 6.07) is 5.71. The van der Waals surface area contributed by atoms with Crippen LogP contribution in [-0.4, -0.2) is 25.1 Å². The van der Waals surface area contributed by atoms with Crippen molar-refractivity contribution in [3.8, 4) is 11.5 Å². The van der Waals surface area contributed by atoms with Crippen LogP contribution in [0.25, 0.3) is 10.2 Å². The first kappa shape index (κ1) is 19.7. The maximum Gasteiger partial charge on any atom is 0.433 e. The lowest BCUT2D eigenvalue weighted by Crippen LogP contribution is -2.12. The first-order chi connectivity index (χ1) is 13.1. The summed E-state index contributed by atoms with van der Waals surface area (Å²) in [6.07, 6.45) is -4.59. The van der Waals surface area contributed by atoms with Crippen molar-refractivity contribution in [2.24, 2.45) is 0 Å². The fourth-order valence-corrected chi connectivity index (χ4v) is 3.76. The Kier molecular flexibility index (Phi) is 5.07. The van der Waals surface area contributed by atoms with Crippen molar-refractivity contribution in [1.29, 1.82) is 0 Å². The van der Waals surface area contributed by atoms with E-state index in [4.69, 9.17) is 15.2 Å². The molecule has 0 saturated heterocycles. The van der Waals surface area contributed by atoms with Gasteiger partial charge in [0, 0.05) is 29.3 Å². The van der Waals surface area contributed by atoms with Gasteiger partial charge in [-0.05, 0) is 18.6 Å². The normalized spacial score (nSPS) is 11.5. The molecule has 3 rings (SSSR count). The minimum atomic E-state index is -4.59. The second-order valence-electron chi connectivity index (χ2n) is 5.90. The number of amides is 1. The number of carbonyl (C=O) groups is 1. The number of nitrogen functional groups attached to an aromatic ring is 1. The van der Waals surface area contributed by atoms with Crippen LogP contribution in [0.5, 0.6) is 11.5 Å². The number of carbonyl (C=O) groups excluding carboxylic acids is 1. The molecule has 1 aromatic carbocycles. The molecule has 0 aliphatic rings. The van der Waals surface area contributed by atoms with Crippen molar-refractivity contribution in [3.05, 3.63) is 40.4 Å². The number of aryl methyl sites for hydroxylation is 1. The van der Waals surface area contributed by atoms with Crippen LogP contribution in [0.15, 0.2) is 24.3 Å². The highest BCUT2D eigenvalue weighted by atomic mass is 32.1. The number of nitrogens with zero attached hydrogens (tertiary/aromatic N) is 1. The molecule has 3 aromatic rings. The third kappa shape index (κ3) is 3.68. The van der Waals surface area contributed by atoms with Gasteiger partial charge in [0.15, 0.2) is 0 Å². The second-order valence-corrected chi connectivity index (χ2v) is 6.90. The van der Waals surface area contributed by atoms with Gasteiger partial charge in [-0.3, -0.25) is 4.79 Å². The molecule has 10 heteroatoms. The number of hydrogen-bond donors (Lipinski definition) is 2. The van der Waals surface area contributed by atoms with E-state index in [0.717, 1.165) is 17.4 Å². The number of alkyl halides is 3. The van der Waals surface area contributed by atoms with E-state index in [0.29, 0.717) is 28.1 Å². The van der Waals surface area contributed by atoms with E-state index in [2.05, 4.69) is 10.3 Å². The summed E-state index contributed by atoms with van der Waals surface area (Å²) >= 11 is 0.805. The van der Waals surface area contributed by atoms with Crippen LogP contribution in [0.4, 0.5) is 24.5 Å². The molecule has 2 aromatic heterocycles. The fourth-order valence-electron chi connectivity index (χ4n) is 2.69. The number of hydrogen-bond acceptors (Lipinski definition) is 6. The minimum absolute atomic E-state index is 0.0539. The lowest BCUT2D eigenvalue weighted by molar-refractivity contribution is -0.141. The van der Waals surface area contributed by atoms with Gasteiger partial charge in [-0.15, -0.1) is 11.3 Å². The van der Waals surface area contributed by atoms with Crippen LogP contribution in [0.3, 0.4) is 0 Å². The van der Waals surface area contributed by atoms with Crippen molar-refractivity contribution in [2.75, 3.05) is 25.3 Å². The van der Waals surface area contributed by atoms with E-state index < -0.39 is 17.8 Å². The zero-order chi connectivity index (χ0) is 20.6. The molecule has 0 saturated carbocycles. The van der Waals surface area contributed by atoms with E-state index in [1.54, 1.807) is 18.2 Å². The second kappa shape index (κ2) is 7.19. The van der Waals surface area contributed by atoms with Crippen LogP contribution in [0, 0.1) is 6.92 Å². The predicted octanol–water partition coefficient (Wildman–Crippen LogP) is 4.48. The summed E-state index contributed by atoms with van der Waals surface area (Å²) in [7, 11) is 2.94. The Labute approximate surface area is 162 Å². The quantitative estimate of drug-likeness (QED) is 0.661. The number of methoxy groups -OCH3 is 2. The Morgan fingerprint density at radius 3 is 2.29 bits per heavy atom. The number of thiophene rings is 1. The first-order valence-corrected chi connectivity index (χ1v) is 8.77. The molecule has 3 N–H and O–H groups in total. The molecule has 28 heavy (non-hydrogen) atoms. The van der Waals surface area contributed by atoms with Crippen LogP contribution < -0.4 is 20.5 Å². The van der Waals surface area contributed by atoms with Gasteiger partial charge >= 0.3 is 6.18 Å². The topological polar surface area (TPSA) is 86.5 Å². The highest BCUT2D eigenvalue weighted by molar-refractivity contribution is 7.21. The Bertz CT molecular complexity index is 1040. The summed E-state index contributed by atoms with van der Waals surface area (Å²) in [6.45, 7) is 1.50. The number of nitrogens with one attached hydrogen (secondary N) is 1. The fraction of sp³-hybridized carbons (Fsp3) is 0.222. The van der Waals surface area contributed by atoms with Crippen molar-refractivity contribution in [1.82, 2.24) is 4.98 Å². The molecule has 0 bridgehead atoms. The van der Waals surface area contributed by atoms with Crippen LogP contribution in [0.2, 0.25) is 0 Å². The summed E-state index contributed by atoms with van der Waals surface area (Å²) in [5.41, 5.74) is 5.80. The van der Waals surface area contributed by atoms with E-state index in [9.17, 15) is 18.0 Å². The molecule has 2 heterocycles. The van der Waals surface area contributed by atoms with Crippen LogP contribution in [-0.2, 0) is 6.18 Å². The predicted molar refractivity (Wildman–Crippen MR) is 101 cm³/mol. The molecule has 6 nitrogen and oxygen atoms in total. The maximum atomic E-state index is 13.0. The number of halogens is 3. The van der Waals surface area contributed by atoms with Crippen LogP contribution >= 0.6 is 11.3 Å². The number of rotatable bonds is 4. The maximum absolute atomic E-state index is 13.0. The molecule has 0 spiro atoms. The third-order valence-electron chi connectivity index (χ3n) is 4.00. The number of pyridine rings is 1. The van der Waals surface area contributed by atoms with Crippen molar-refractivity contribution >= 4 is 38.8 Å². The highest BCUT2D eigenvalue weighted by Crippen LogP contribution is 2.38. The van der Waals surface area contributed by atoms with E-state index in [-0.39, 0.29) is 15.4 Å². The third-order valence-corrected chi connectivity index (χ3v) is 5.10. The number of anilines is 2. The Morgan fingerprint density at radius 2 is 1.75 bits per heavy atom. The smallest absolute Gasteiger partial charge is 0.433 e. The van der Waals surface area contributed by atoms with Crippen molar-refractivity contribution < 1.29 is 27.4 Å². The SMILES string of the molecule is COc1cc(NC(=O)c2sc3nc(C(F)(F)F)cc(C)c3c2N)cc(OC)c1. The molecule has 0 radical (unpaired) electrons. The summed E-state index contributed by atoms with van der Waals surface area (Å²) in [4.78, 5) is 16.4. The van der Waals surface area contributed by atoms with Gasteiger partial charge in [0.05, 0.1) is 19.9 Å². The molecular formula is C18H16F3N3O3S. The van der Waals surface area contributed by atoms with Gasteiger partial charge in [-0.25, -0.2) is 4.98 Å². The number of nitrogens with two attached hydrogens (primary N) is 1. The Balaban J connectivity index is 2.01. The average molecular weight is 411 g/mol. The molecular weight excluding hydrogens is 395 g/mol. The average Bonchev–Trinajstić information content (AvgIpc) is 2.97. The molecule has 148 valence electrons. The number of benzene rings is 1. The van der Waals surface area contributed by atoms with Gasteiger partial charge in [-0.1, -0.05) is 0 Å². The largest absolute Gasteiger partial charge is 0.497 e. The molecule has 0 aliphatic carbocycles. The van der Waals surface area contributed by atoms with Gasteiger partial charge in [0.25, 0.3) is 5.91 Å². The van der Waals surface area contributed by atoms with Crippen molar-refractivity contribution in [3.63, 3.8) is 0 Å². The number of aromatic nitrogens is 1. The Morgan fingerprint density at radius 1 is 1.14 bits per heavy atom. The zero-order valence-corrected chi connectivity index (χ0v) is 15.9. The summed E-state index contributed by atoms with van der Waals surface area (Å²) in [5.74, 6) is 0.362. The number of fused-ring (bicyclic) bond motifs is 1. The van der Waals surface area contributed by atoms with Gasteiger partial charge in [0.2, 0.25) is 0 Å². The molecule has 0 fully saturated rings. The molecule has 1 amide bonds. The minimum Gasteiger partial charge on any atom is -0.497 e. The van der Waals surface area contributed by atoms with Crippen molar-refractivity contribution in [2.45, 2.75) is 13.1 Å². The first-order valence-electron chi connectivity index (χ1n) is 7.95. The lowest BCUT2D eigenvalue weighted by atomic mass is 10.1. The summed E-state index contributed by atoms with van der Waals surface area (Å²) in [5, 5.41) is 2.99. The molecule has 0 atom stereocenters. The number of ether oxygens (including phenoxy) is 2. The van der Waals surface area contributed by atoms with E-state index in [1.165, 1.54) is 21.1 Å². The van der Waals surface area contributed by atoms with Gasteiger partial charge in [-0.2, -0.15) is 13.2 Å². The van der Waals surface area contributed by atoms with E-state index in [1.807, 2.05) is 0 Å².